The number of hydrogen-bond donors (Lipinski definition) is 0. The minimum atomic E-state index is -0.256. The third-order valence-corrected chi connectivity index (χ3v) is 1.86. The van der Waals surface area contributed by atoms with Crippen molar-refractivity contribution < 1.29 is 9.47 Å². The highest BCUT2D eigenvalue weighted by Crippen LogP contribution is 2.23. The van der Waals surface area contributed by atoms with Gasteiger partial charge in [-0.2, -0.15) is 0 Å². The standard InChI is InChI=1S/C10H11NO2/c1-8-6-12-10(13-7-8)9-2-4-11-5-3-9/h2-5,10H,1,6-7H2. The number of ether oxygens (including phenoxy) is 2. The van der Waals surface area contributed by atoms with Crippen molar-refractivity contribution in [2.75, 3.05) is 13.2 Å². The van der Waals surface area contributed by atoms with Crippen LogP contribution in [0.5, 0.6) is 0 Å². The van der Waals surface area contributed by atoms with Gasteiger partial charge in [-0.25, -0.2) is 0 Å². The van der Waals surface area contributed by atoms with Gasteiger partial charge in [-0.05, 0) is 17.7 Å². The highest BCUT2D eigenvalue weighted by atomic mass is 16.7. The van der Waals surface area contributed by atoms with Crippen LogP contribution in [0, 0.1) is 0 Å². The van der Waals surface area contributed by atoms with Gasteiger partial charge in [-0.3, -0.25) is 4.98 Å². The van der Waals surface area contributed by atoms with Crippen LogP contribution < -0.4 is 0 Å². The molecule has 0 radical (unpaired) electrons. The monoisotopic (exact) mass is 177 g/mol. The van der Waals surface area contributed by atoms with Crippen molar-refractivity contribution in [2.24, 2.45) is 0 Å². The summed E-state index contributed by atoms with van der Waals surface area (Å²) in [5.41, 5.74) is 1.98. The van der Waals surface area contributed by atoms with Gasteiger partial charge < -0.3 is 9.47 Å². The largest absolute Gasteiger partial charge is 0.344 e. The van der Waals surface area contributed by atoms with Crippen molar-refractivity contribution in [3.05, 3.63) is 42.2 Å². The van der Waals surface area contributed by atoms with E-state index in [1.165, 1.54) is 0 Å². The Balaban J connectivity index is 2.07. The molecule has 3 nitrogen and oxygen atoms in total. The molecule has 3 heteroatoms. The molecule has 0 N–H and O–H groups in total. The fourth-order valence-electron chi connectivity index (χ4n) is 1.19. The highest BCUT2D eigenvalue weighted by Gasteiger charge is 2.17. The summed E-state index contributed by atoms with van der Waals surface area (Å²) in [4.78, 5) is 3.93. The zero-order chi connectivity index (χ0) is 9.10. The number of nitrogens with zero attached hydrogens (tertiary/aromatic N) is 1. The molecule has 1 saturated heterocycles. The molecule has 0 aromatic carbocycles. The summed E-state index contributed by atoms with van der Waals surface area (Å²) in [5, 5.41) is 0. The van der Waals surface area contributed by atoms with E-state index >= 15 is 0 Å². The van der Waals surface area contributed by atoms with E-state index in [1.807, 2.05) is 12.1 Å². The number of hydrogen-bond acceptors (Lipinski definition) is 3. The molecule has 13 heavy (non-hydrogen) atoms. The van der Waals surface area contributed by atoms with E-state index < -0.39 is 0 Å². The first kappa shape index (κ1) is 8.41. The van der Waals surface area contributed by atoms with Crippen LogP contribution in [0.3, 0.4) is 0 Å². The van der Waals surface area contributed by atoms with E-state index in [0.717, 1.165) is 11.1 Å². The average molecular weight is 177 g/mol. The first-order valence-corrected chi connectivity index (χ1v) is 4.16. The lowest BCUT2D eigenvalue weighted by Crippen LogP contribution is -2.19. The number of aromatic nitrogens is 1. The molecule has 2 rings (SSSR count). The molecular weight excluding hydrogens is 166 g/mol. The quantitative estimate of drug-likeness (QED) is 0.611. The highest BCUT2D eigenvalue weighted by molar-refractivity contribution is 5.12. The third kappa shape index (κ3) is 1.94. The van der Waals surface area contributed by atoms with Crippen molar-refractivity contribution in [1.82, 2.24) is 4.98 Å². The molecule has 1 fully saturated rings. The van der Waals surface area contributed by atoms with Gasteiger partial charge in [0.25, 0.3) is 0 Å². The van der Waals surface area contributed by atoms with Crippen LogP contribution in [0.1, 0.15) is 11.9 Å². The van der Waals surface area contributed by atoms with Crippen LogP contribution in [0.15, 0.2) is 36.7 Å². The van der Waals surface area contributed by atoms with Gasteiger partial charge in [0.15, 0.2) is 6.29 Å². The van der Waals surface area contributed by atoms with Gasteiger partial charge in [0.05, 0.1) is 13.2 Å². The van der Waals surface area contributed by atoms with Gasteiger partial charge in [0.1, 0.15) is 0 Å². The fraction of sp³-hybridized carbons (Fsp3) is 0.300. The molecule has 0 atom stereocenters. The normalized spacial score (nSPS) is 18.9. The Labute approximate surface area is 77.0 Å². The molecule has 1 aromatic heterocycles. The molecule has 0 bridgehead atoms. The second-order valence-corrected chi connectivity index (χ2v) is 2.98. The first-order chi connectivity index (χ1) is 6.36. The first-order valence-electron chi connectivity index (χ1n) is 4.16. The van der Waals surface area contributed by atoms with E-state index in [-0.39, 0.29) is 6.29 Å². The molecule has 0 amide bonds. The van der Waals surface area contributed by atoms with Crippen molar-refractivity contribution in [3.8, 4) is 0 Å². The second kappa shape index (κ2) is 3.68. The molecule has 1 aromatic rings. The summed E-state index contributed by atoms with van der Waals surface area (Å²) in [6.45, 7) is 4.93. The van der Waals surface area contributed by atoms with Crippen LogP contribution in [0.2, 0.25) is 0 Å². The lowest BCUT2D eigenvalue weighted by atomic mass is 10.2. The molecule has 0 spiro atoms. The summed E-state index contributed by atoms with van der Waals surface area (Å²) < 4.78 is 10.9. The van der Waals surface area contributed by atoms with Crippen molar-refractivity contribution in [3.63, 3.8) is 0 Å². The lowest BCUT2D eigenvalue weighted by Gasteiger charge is -2.24. The second-order valence-electron chi connectivity index (χ2n) is 2.98. The maximum absolute atomic E-state index is 5.43. The Bertz CT molecular complexity index is 287. The van der Waals surface area contributed by atoms with E-state index in [9.17, 15) is 0 Å². The average Bonchev–Trinajstić information content (AvgIpc) is 2.20. The predicted molar refractivity (Wildman–Crippen MR) is 48.0 cm³/mol. The summed E-state index contributed by atoms with van der Waals surface area (Å²) in [7, 11) is 0. The molecular formula is C10H11NO2. The van der Waals surface area contributed by atoms with Crippen LogP contribution in [-0.2, 0) is 9.47 Å². The third-order valence-electron chi connectivity index (χ3n) is 1.86. The summed E-state index contributed by atoms with van der Waals surface area (Å²) in [6.07, 6.45) is 3.20. The molecule has 0 saturated carbocycles. The van der Waals surface area contributed by atoms with Crippen molar-refractivity contribution >= 4 is 0 Å². The minimum absolute atomic E-state index is 0.256. The van der Waals surface area contributed by atoms with Gasteiger partial charge in [-0.15, -0.1) is 0 Å². The summed E-state index contributed by atoms with van der Waals surface area (Å²) in [5.74, 6) is 0. The molecule has 0 aliphatic carbocycles. The van der Waals surface area contributed by atoms with Crippen LogP contribution >= 0.6 is 0 Å². The molecule has 0 unspecified atom stereocenters. The van der Waals surface area contributed by atoms with Crippen molar-refractivity contribution in [2.45, 2.75) is 6.29 Å². The molecule has 1 aliphatic heterocycles. The van der Waals surface area contributed by atoms with Gasteiger partial charge in [-0.1, -0.05) is 6.58 Å². The van der Waals surface area contributed by atoms with Gasteiger partial charge >= 0.3 is 0 Å². The van der Waals surface area contributed by atoms with E-state index in [0.29, 0.717) is 13.2 Å². The fourth-order valence-corrected chi connectivity index (χ4v) is 1.19. The molecule has 68 valence electrons. The van der Waals surface area contributed by atoms with E-state index in [1.54, 1.807) is 12.4 Å². The Morgan fingerprint density at radius 2 is 1.85 bits per heavy atom. The van der Waals surface area contributed by atoms with Crippen LogP contribution in [-0.4, -0.2) is 18.2 Å². The SMILES string of the molecule is C=C1COC(c2ccncc2)OC1. The van der Waals surface area contributed by atoms with Crippen LogP contribution in [0.4, 0.5) is 0 Å². The lowest BCUT2D eigenvalue weighted by molar-refractivity contribution is -0.160. The smallest absolute Gasteiger partial charge is 0.184 e. The Morgan fingerprint density at radius 1 is 1.23 bits per heavy atom. The topological polar surface area (TPSA) is 31.4 Å². The summed E-state index contributed by atoms with van der Waals surface area (Å²) in [6, 6.07) is 3.78. The van der Waals surface area contributed by atoms with E-state index in [4.69, 9.17) is 9.47 Å². The van der Waals surface area contributed by atoms with Crippen LogP contribution in [0.25, 0.3) is 0 Å². The van der Waals surface area contributed by atoms with Gasteiger partial charge in [0.2, 0.25) is 0 Å². The van der Waals surface area contributed by atoms with E-state index in [2.05, 4.69) is 11.6 Å². The maximum Gasteiger partial charge on any atom is 0.184 e. The Morgan fingerprint density at radius 3 is 2.46 bits per heavy atom. The zero-order valence-corrected chi connectivity index (χ0v) is 7.27. The molecule has 1 aliphatic rings. The minimum Gasteiger partial charge on any atom is -0.344 e. The van der Waals surface area contributed by atoms with Gasteiger partial charge in [0, 0.05) is 18.0 Å². The molecule has 2 heterocycles. The number of rotatable bonds is 1. The Kier molecular flexibility index (Phi) is 2.38. The van der Waals surface area contributed by atoms with Crippen molar-refractivity contribution in [1.29, 1.82) is 0 Å². The Hall–Kier alpha value is -1.19. The number of pyridine rings is 1. The maximum atomic E-state index is 5.43. The predicted octanol–water partition coefficient (Wildman–Crippen LogP) is 1.68. The summed E-state index contributed by atoms with van der Waals surface area (Å²) >= 11 is 0. The zero-order valence-electron chi connectivity index (χ0n) is 7.27.